The molecule has 30 heavy (non-hydrogen) atoms. The minimum Gasteiger partial charge on any atom is -0.361 e. The molecule has 0 bridgehead atoms. The van der Waals surface area contributed by atoms with E-state index in [1.54, 1.807) is 24.8 Å². The molecule has 0 aliphatic heterocycles. The van der Waals surface area contributed by atoms with Gasteiger partial charge in [-0.3, -0.25) is 9.97 Å². The Bertz CT molecular complexity index is 990. The molecule has 5 aromatic heterocycles. The van der Waals surface area contributed by atoms with Crippen LogP contribution in [0.2, 0.25) is 0 Å². The van der Waals surface area contributed by atoms with Gasteiger partial charge in [-0.05, 0) is 41.8 Å². The van der Waals surface area contributed by atoms with Crippen molar-refractivity contribution in [1.29, 1.82) is 0 Å². The van der Waals surface area contributed by atoms with Crippen LogP contribution in [-0.2, 0) is 0 Å². The van der Waals surface area contributed by atoms with Crippen LogP contribution in [0.25, 0.3) is 16.4 Å². The Kier molecular flexibility index (Phi) is 8.24. The van der Waals surface area contributed by atoms with Crippen LogP contribution in [-0.4, -0.2) is 34.3 Å². The molecular weight excluding hydrogens is 374 g/mol. The predicted octanol–water partition coefficient (Wildman–Crippen LogP) is 4.46. The molecule has 7 heteroatoms. The Morgan fingerprint density at radius 3 is 1.77 bits per heavy atom. The Morgan fingerprint density at radius 1 is 0.567 bits per heavy atom. The third-order valence-electron chi connectivity index (χ3n) is 3.78. The van der Waals surface area contributed by atoms with Crippen LogP contribution >= 0.6 is 0 Å². The molecule has 0 unspecified atom stereocenters. The minimum atomic E-state index is 1.21. The van der Waals surface area contributed by atoms with Crippen molar-refractivity contribution in [2.45, 2.75) is 0 Å². The van der Waals surface area contributed by atoms with Crippen molar-refractivity contribution >= 4 is 16.4 Å². The van der Waals surface area contributed by atoms with Gasteiger partial charge in [-0.15, -0.1) is 0 Å². The Labute approximate surface area is 174 Å². The lowest BCUT2D eigenvalue weighted by molar-refractivity contribution is 1.05. The van der Waals surface area contributed by atoms with Crippen molar-refractivity contribution in [3.63, 3.8) is 0 Å². The SMILES string of the molecule is c1ccc2[nH]ccc2c1.c1ccn2cccc2c1.c1cnccn1.c1ncncn1. The molecule has 0 spiro atoms. The van der Waals surface area contributed by atoms with E-state index in [1.165, 1.54) is 35.4 Å². The zero-order valence-electron chi connectivity index (χ0n) is 16.2. The summed E-state index contributed by atoms with van der Waals surface area (Å²) in [5.74, 6) is 0. The highest BCUT2D eigenvalue weighted by atomic mass is 14.9. The summed E-state index contributed by atoms with van der Waals surface area (Å²) >= 11 is 0. The fraction of sp³-hybridized carbons (Fsp3) is 0. The van der Waals surface area contributed by atoms with Crippen molar-refractivity contribution < 1.29 is 0 Å². The first-order chi connectivity index (χ1) is 14.9. The molecule has 0 atom stereocenters. The number of nitrogens with zero attached hydrogens (tertiary/aromatic N) is 6. The van der Waals surface area contributed by atoms with Gasteiger partial charge < -0.3 is 9.38 Å². The average Bonchev–Trinajstić information content (AvgIpc) is 3.52. The van der Waals surface area contributed by atoms with Gasteiger partial charge in [-0.1, -0.05) is 24.3 Å². The molecule has 0 saturated carbocycles. The summed E-state index contributed by atoms with van der Waals surface area (Å²) in [6, 6.07) is 20.5. The first-order valence-corrected chi connectivity index (χ1v) is 9.22. The number of para-hydroxylation sites is 1. The predicted molar refractivity (Wildman–Crippen MR) is 118 cm³/mol. The molecule has 0 aliphatic carbocycles. The zero-order chi connectivity index (χ0) is 20.7. The number of aromatic amines is 1. The maximum Gasteiger partial charge on any atom is 0.119 e. The van der Waals surface area contributed by atoms with Gasteiger partial charge in [0.15, 0.2) is 0 Å². The quantitative estimate of drug-likeness (QED) is 0.411. The number of rotatable bonds is 0. The van der Waals surface area contributed by atoms with Gasteiger partial charge in [0.2, 0.25) is 0 Å². The molecule has 1 aromatic carbocycles. The number of pyridine rings is 1. The smallest absolute Gasteiger partial charge is 0.119 e. The fourth-order valence-corrected chi connectivity index (χ4v) is 2.43. The monoisotopic (exact) mass is 395 g/mol. The number of aromatic nitrogens is 7. The lowest BCUT2D eigenvalue weighted by Crippen LogP contribution is -1.75. The van der Waals surface area contributed by atoms with Crippen LogP contribution < -0.4 is 0 Å². The van der Waals surface area contributed by atoms with E-state index in [-0.39, 0.29) is 0 Å². The fourth-order valence-electron chi connectivity index (χ4n) is 2.43. The van der Waals surface area contributed by atoms with Crippen molar-refractivity contribution in [3.8, 4) is 0 Å². The van der Waals surface area contributed by atoms with Crippen LogP contribution in [0, 0.1) is 0 Å². The summed E-state index contributed by atoms with van der Waals surface area (Å²) in [5, 5.41) is 1.28. The summed E-state index contributed by atoms with van der Waals surface area (Å²) in [4.78, 5) is 21.3. The largest absolute Gasteiger partial charge is 0.361 e. The molecule has 0 radical (unpaired) electrons. The first kappa shape index (κ1) is 20.3. The number of nitrogens with one attached hydrogen (secondary N) is 1. The van der Waals surface area contributed by atoms with Crippen molar-refractivity contribution in [2.75, 3.05) is 0 Å². The van der Waals surface area contributed by atoms with Crippen LogP contribution in [0.4, 0.5) is 0 Å². The summed E-state index contributed by atoms with van der Waals surface area (Å²) in [5.41, 5.74) is 2.45. The van der Waals surface area contributed by atoms with Crippen molar-refractivity contribution in [1.82, 2.24) is 34.3 Å². The van der Waals surface area contributed by atoms with Gasteiger partial charge in [0.05, 0.1) is 0 Å². The number of fused-ring (bicyclic) bond motifs is 2. The first-order valence-electron chi connectivity index (χ1n) is 9.22. The number of hydrogen-bond donors (Lipinski definition) is 1. The van der Waals surface area contributed by atoms with Gasteiger partial charge in [-0.2, -0.15) is 0 Å². The Hall–Kier alpha value is -4.39. The van der Waals surface area contributed by atoms with Gasteiger partial charge in [0, 0.05) is 54.4 Å². The summed E-state index contributed by atoms with van der Waals surface area (Å²) in [6.45, 7) is 0. The van der Waals surface area contributed by atoms with E-state index in [2.05, 4.69) is 64.6 Å². The summed E-state index contributed by atoms with van der Waals surface area (Å²) in [6.07, 6.45) is 16.9. The highest BCUT2D eigenvalue weighted by Crippen LogP contribution is 2.09. The van der Waals surface area contributed by atoms with Gasteiger partial charge >= 0.3 is 0 Å². The molecule has 7 nitrogen and oxygen atoms in total. The normalized spacial score (nSPS) is 9.33. The topological polar surface area (TPSA) is 84.7 Å². The van der Waals surface area contributed by atoms with Crippen molar-refractivity contribution in [2.24, 2.45) is 0 Å². The molecule has 0 saturated heterocycles. The van der Waals surface area contributed by atoms with E-state index in [9.17, 15) is 0 Å². The van der Waals surface area contributed by atoms with E-state index in [0.717, 1.165) is 0 Å². The Balaban J connectivity index is 0.000000116. The third-order valence-corrected chi connectivity index (χ3v) is 3.78. The zero-order valence-corrected chi connectivity index (χ0v) is 16.2. The molecule has 1 N–H and O–H groups in total. The van der Waals surface area contributed by atoms with Gasteiger partial charge in [0.1, 0.15) is 19.0 Å². The lowest BCUT2D eigenvalue weighted by Gasteiger charge is -1.88. The molecule has 5 heterocycles. The van der Waals surface area contributed by atoms with E-state index in [4.69, 9.17) is 0 Å². The second-order valence-electron chi connectivity index (χ2n) is 5.79. The number of benzene rings is 1. The lowest BCUT2D eigenvalue weighted by atomic mass is 10.3. The molecule has 0 aliphatic rings. The van der Waals surface area contributed by atoms with Crippen LogP contribution in [0.15, 0.2) is 123 Å². The molecule has 6 aromatic rings. The maximum atomic E-state index is 3.72. The van der Waals surface area contributed by atoms with E-state index in [0.29, 0.717) is 0 Å². The standard InChI is InChI=1S/2C8H7N.C4H4N2.C3H3N3/c1-2-6-9-7-3-5-8(9)4-1;1-2-4-8-7(3-1)5-6-9-8;1-2-6-4-3-5-1;1-4-2-6-3-5-1/h1-7H;1-6,9H;1-4H;1-3H. The van der Waals surface area contributed by atoms with Gasteiger partial charge in [-0.25, -0.2) is 15.0 Å². The minimum absolute atomic E-state index is 1.21. The van der Waals surface area contributed by atoms with Crippen molar-refractivity contribution in [3.05, 3.63) is 123 Å². The molecular formula is C23H21N7. The average molecular weight is 395 g/mol. The Morgan fingerprint density at radius 2 is 1.17 bits per heavy atom. The molecule has 6 rings (SSSR count). The van der Waals surface area contributed by atoms with E-state index < -0.39 is 0 Å². The molecule has 0 fully saturated rings. The van der Waals surface area contributed by atoms with Crippen LogP contribution in [0.1, 0.15) is 0 Å². The van der Waals surface area contributed by atoms with Crippen LogP contribution in [0.5, 0.6) is 0 Å². The third kappa shape index (κ3) is 6.97. The van der Waals surface area contributed by atoms with Crippen LogP contribution in [0.3, 0.4) is 0 Å². The molecule has 148 valence electrons. The maximum absolute atomic E-state index is 3.72. The highest BCUT2D eigenvalue weighted by Gasteiger charge is 1.86. The van der Waals surface area contributed by atoms with Gasteiger partial charge in [0.25, 0.3) is 0 Å². The summed E-state index contributed by atoms with van der Waals surface area (Å²) in [7, 11) is 0. The number of H-pyrrole nitrogens is 1. The van der Waals surface area contributed by atoms with E-state index >= 15 is 0 Å². The number of hydrogen-bond acceptors (Lipinski definition) is 5. The highest BCUT2D eigenvalue weighted by molar-refractivity contribution is 5.78. The summed E-state index contributed by atoms with van der Waals surface area (Å²) < 4.78 is 2.08. The second-order valence-corrected chi connectivity index (χ2v) is 5.79. The molecule has 0 amide bonds. The van der Waals surface area contributed by atoms with E-state index in [1.807, 2.05) is 48.9 Å². The second kappa shape index (κ2) is 12.1.